The molecule has 6 nitrogen and oxygen atoms in total. The fourth-order valence-corrected chi connectivity index (χ4v) is 1.27. The average Bonchev–Trinajstić information content (AvgIpc) is 2.18. The zero-order chi connectivity index (χ0) is 11.4. The molecule has 0 fully saturated rings. The molecule has 0 spiro atoms. The fourth-order valence-electron chi connectivity index (χ4n) is 0.893. The van der Waals surface area contributed by atoms with Crippen LogP contribution >= 0.6 is 15.9 Å². The van der Waals surface area contributed by atoms with E-state index >= 15 is 0 Å². The molecule has 1 aromatic heterocycles. The lowest BCUT2D eigenvalue weighted by atomic mass is 10.2. The number of pyridine rings is 1. The number of carbonyl (C=O) groups excluding carboxylic acids is 1. The Hall–Kier alpha value is -1.50. The van der Waals surface area contributed by atoms with Gasteiger partial charge in [-0.25, -0.2) is 4.79 Å². The van der Waals surface area contributed by atoms with E-state index in [-0.39, 0.29) is 18.0 Å². The fraction of sp³-hybridized carbons (Fsp3) is 0.250. The van der Waals surface area contributed by atoms with Crippen molar-refractivity contribution >= 4 is 27.7 Å². The minimum atomic E-state index is -0.671. The molecule has 15 heavy (non-hydrogen) atoms. The summed E-state index contributed by atoms with van der Waals surface area (Å²) in [5, 5.41) is 10.4. The van der Waals surface area contributed by atoms with E-state index < -0.39 is 10.9 Å². The molecule has 0 amide bonds. The molecular weight excluding hydrogens is 268 g/mol. The monoisotopic (exact) mass is 274 g/mol. The molecule has 0 saturated heterocycles. The molecule has 0 N–H and O–H groups in total. The maximum Gasteiger partial charge on any atom is 0.364 e. The van der Waals surface area contributed by atoms with Crippen LogP contribution in [0.1, 0.15) is 17.3 Å². The van der Waals surface area contributed by atoms with Crippen molar-refractivity contribution in [2.75, 3.05) is 6.61 Å². The Labute approximate surface area is 93.5 Å². The van der Waals surface area contributed by atoms with E-state index in [1.165, 1.54) is 6.20 Å². The zero-order valence-corrected chi connectivity index (χ0v) is 9.35. The Bertz CT molecular complexity index is 408. The van der Waals surface area contributed by atoms with Crippen LogP contribution < -0.4 is 0 Å². The first-order chi connectivity index (χ1) is 7.06. The molecule has 0 bridgehead atoms. The molecule has 0 aromatic carbocycles. The van der Waals surface area contributed by atoms with E-state index in [1.54, 1.807) is 6.92 Å². The number of aromatic nitrogens is 1. The first-order valence-corrected chi connectivity index (χ1v) is 4.82. The predicted molar refractivity (Wildman–Crippen MR) is 54.5 cm³/mol. The lowest BCUT2D eigenvalue weighted by Gasteiger charge is -2.02. The minimum Gasteiger partial charge on any atom is -0.462 e. The Morgan fingerprint density at radius 2 is 2.40 bits per heavy atom. The van der Waals surface area contributed by atoms with Crippen LogP contribution in [0.3, 0.4) is 0 Å². The molecule has 1 rings (SSSR count). The number of esters is 1. The molecule has 0 aliphatic heterocycles. The lowest BCUT2D eigenvalue weighted by molar-refractivity contribution is -0.389. The number of nitrogens with zero attached hydrogens (tertiary/aromatic N) is 2. The van der Waals surface area contributed by atoms with Crippen molar-refractivity contribution < 1.29 is 14.5 Å². The standard InChI is InChI=1S/C8H7BrN2O4/c1-2-15-8(12)5-3-7(11(13)14)10-4-6(5)9/h3-4H,2H2,1H3. The van der Waals surface area contributed by atoms with Gasteiger partial charge in [0.05, 0.1) is 22.7 Å². The van der Waals surface area contributed by atoms with Gasteiger partial charge in [-0.2, -0.15) is 0 Å². The minimum absolute atomic E-state index is 0.0959. The molecule has 0 saturated carbocycles. The summed E-state index contributed by atoms with van der Waals surface area (Å²) in [7, 11) is 0. The van der Waals surface area contributed by atoms with Gasteiger partial charge in [-0.3, -0.25) is 0 Å². The van der Waals surface area contributed by atoms with E-state index in [9.17, 15) is 14.9 Å². The van der Waals surface area contributed by atoms with E-state index in [4.69, 9.17) is 4.74 Å². The third kappa shape index (κ3) is 2.72. The van der Waals surface area contributed by atoms with E-state index in [2.05, 4.69) is 20.9 Å². The molecule has 1 heterocycles. The van der Waals surface area contributed by atoms with Crippen molar-refractivity contribution in [3.63, 3.8) is 0 Å². The van der Waals surface area contributed by atoms with Crippen LogP contribution in [0, 0.1) is 10.1 Å². The first kappa shape index (κ1) is 11.6. The quantitative estimate of drug-likeness (QED) is 0.478. The second-order valence-electron chi connectivity index (χ2n) is 2.50. The third-order valence-electron chi connectivity index (χ3n) is 1.52. The summed E-state index contributed by atoms with van der Waals surface area (Å²) in [5.41, 5.74) is 0.0959. The second kappa shape index (κ2) is 4.83. The van der Waals surface area contributed by atoms with Crippen molar-refractivity contribution in [3.05, 3.63) is 32.4 Å². The number of halogens is 1. The Morgan fingerprint density at radius 1 is 1.73 bits per heavy atom. The number of hydrogen-bond donors (Lipinski definition) is 0. The molecule has 0 atom stereocenters. The van der Waals surface area contributed by atoms with Crippen LogP contribution in [0.2, 0.25) is 0 Å². The summed E-state index contributed by atoms with van der Waals surface area (Å²) in [6.07, 6.45) is 1.20. The first-order valence-electron chi connectivity index (χ1n) is 4.03. The van der Waals surface area contributed by atoms with E-state index in [0.717, 1.165) is 6.07 Å². The van der Waals surface area contributed by atoms with Gasteiger partial charge in [0, 0.05) is 0 Å². The summed E-state index contributed by atoms with van der Waals surface area (Å²) < 4.78 is 5.09. The van der Waals surface area contributed by atoms with Gasteiger partial charge in [0.15, 0.2) is 6.20 Å². The average molecular weight is 275 g/mol. The van der Waals surface area contributed by atoms with Crippen molar-refractivity contribution in [2.45, 2.75) is 6.92 Å². The molecule has 0 aliphatic carbocycles. The number of rotatable bonds is 3. The summed E-state index contributed by atoms with van der Waals surface area (Å²) in [6, 6.07) is 1.07. The molecule has 0 aliphatic rings. The van der Waals surface area contributed by atoms with Gasteiger partial charge in [0.1, 0.15) is 0 Å². The predicted octanol–water partition coefficient (Wildman–Crippen LogP) is 1.93. The third-order valence-corrected chi connectivity index (χ3v) is 2.16. The number of hydrogen-bond acceptors (Lipinski definition) is 5. The summed E-state index contributed by atoms with van der Waals surface area (Å²) in [4.78, 5) is 24.6. The summed E-state index contributed by atoms with van der Waals surface area (Å²) in [5.74, 6) is -1.00. The number of carbonyl (C=O) groups is 1. The molecular formula is C8H7BrN2O4. The van der Waals surface area contributed by atoms with Gasteiger partial charge in [0.2, 0.25) is 0 Å². The zero-order valence-electron chi connectivity index (χ0n) is 7.77. The number of ether oxygens (including phenoxy) is 1. The highest BCUT2D eigenvalue weighted by Crippen LogP contribution is 2.20. The molecule has 0 unspecified atom stereocenters. The van der Waals surface area contributed by atoms with Gasteiger partial charge in [-0.15, -0.1) is 0 Å². The molecule has 7 heteroatoms. The summed E-state index contributed by atoms with van der Waals surface area (Å²) in [6.45, 7) is 1.86. The van der Waals surface area contributed by atoms with Crippen molar-refractivity contribution in [1.82, 2.24) is 4.98 Å². The topological polar surface area (TPSA) is 82.3 Å². The van der Waals surface area contributed by atoms with E-state index in [0.29, 0.717) is 4.47 Å². The van der Waals surface area contributed by atoms with Gasteiger partial charge >= 0.3 is 11.8 Å². The highest BCUT2D eigenvalue weighted by atomic mass is 79.9. The van der Waals surface area contributed by atoms with Crippen molar-refractivity contribution in [1.29, 1.82) is 0 Å². The van der Waals surface area contributed by atoms with Crippen LogP contribution in [-0.2, 0) is 4.74 Å². The van der Waals surface area contributed by atoms with Crippen LogP contribution in [0.25, 0.3) is 0 Å². The lowest BCUT2D eigenvalue weighted by Crippen LogP contribution is -2.07. The highest BCUT2D eigenvalue weighted by Gasteiger charge is 2.18. The molecule has 80 valence electrons. The summed E-state index contributed by atoms with van der Waals surface area (Å²) >= 11 is 3.06. The van der Waals surface area contributed by atoms with Crippen LogP contribution in [0.4, 0.5) is 5.82 Å². The van der Waals surface area contributed by atoms with E-state index in [1.807, 2.05) is 0 Å². The maximum absolute atomic E-state index is 11.3. The smallest absolute Gasteiger partial charge is 0.364 e. The van der Waals surface area contributed by atoms with Gasteiger partial charge in [-0.05, 0) is 32.8 Å². The van der Waals surface area contributed by atoms with Crippen LogP contribution in [0.5, 0.6) is 0 Å². The number of nitro groups is 1. The largest absolute Gasteiger partial charge is 0.462 e. The van der Waals surface area contributed by atoms with Gasteiger partial charge in [-0.1, -0.05) is 0 Å². The Morgan fingerprint density at radius 3 is 2.93 bits per heavy atom. The maximum atomic E-state index is 11.3. The van der Waals surface area contributed by atoms with Crippen LogP contribution in [0.15, 0.2) is 16.7 Å². The Kier molecular flexibility index (Phi) is 3.73. The van der Waals surface area contributed by atoms with Crippen molar-refractivity contribution in [3.8, 4) is 0 Å². The van der Waals surface area contributed by atoms with Gasteiger partial charge < -0.3 is 14.9 Å². The van der Waals surface area contributed by atoms with Crippen molar-refractivity contribution in [2.24, 2.45) is 0 Å². The Balaban J connectivity index is 3.10. The highest BCUT2D eigenvalue weighted by molar-refractivity contribution is 9.10. The normalized spacial score (nSPS) is 9.73. The second-order valence-corrected chi connectivity index (χ2v) is 3.35. The SMILES string of the molecule is CCOC(=O)c1cc([N+](=O)[O-])ncc1Br. The molecule has 0 radical (unpaired) electrons. The van der Waals surface area contributed by atoms with Gasteiger partial charge in [0.25, 0.3) is 0 Å². The molecule has 1 aromatic rings. The van der Waals surface area contributed by atoms with Crippen LogP contribution in [-0.4, -0.2) is 22.5 Å².